The molecule has 2 heterocycles. The van der Waals surface area contributed by atoms with Gasteiger partial charge in [-0.15, -0.1) is 0 Å². The van der Waals surface area contributed by atoms with Gasteiger partial charge in [-0.05, 0) is 31.4 Å². The second-order valence-corrected chi connectivity index (χ2v) is 5.02. The Morgan fingerprint density at radius 2 is 2.17 bits per heavy atom. The lowest BCUT2D eigenvalue weighted by Gasteiger charge is -2.40. The zero-order chi connectivity index (χ0) is 12.6. The van der Waals surface area contributed by atoms with E-state index in [2.05, 4.69) is 30.0 Å². The molecule has 2 aliphatic rings. The summed E-state index contributed by atoms with van der Waals surface area (Å²) in [6, 6.07) is 12.7. The maximum atomic E-state index is 9.30. The smallest absolute Gasteiger partial charge is 0.139 e. The van der Waals surface area contributed by atoms with Gasteiger partial charge in [0, 0.05) is 0 Å². The molecule has 2 aliphatic heterocycles. The van der Waals surface area contributed by atoms with E-state index in [1.54, 1.807) is 0 Å². The summed E-state index contributed by atoms with van der Waals surface area (Å²) in [7, 11) is 0. The van der Waals surface area contributed by atoms with E-state index >= 15 is 0 Å². The van der Waals surface area contributed by atoms with Gasteiger partial charge in [0.2, 0.25) is 0 Å². The van der Waals surface area contributed by atoms with Crippen molar-refractivity contribution < 1.29 is 4.74 Å². The standard InChI is InChI=1S/C15H16N2O/c1-15-9-5-8-13(10-16)17(15)14(11-18-15)12-6-3-2-4-7-12/h2-4,6-8,14H,5,9,11H2,1H3/t14-,15-/m1/s1. The van der Waals surface area contributed by atoms with E-state index in [1.807, 2.05) is 24.3 Å². The minimum absolute atomic E-state index is 0.155. The van der Waals surface area contributed by atoms with Crippen LogP contribution in [0.15, 0.2) is 42.1 Å². The third kappa shape index (κ3) is 1.61. The third-order valence-electron chi connectivity index (χ3n) is 3.88. The molecule has 3 heteroatoms. The summed E-state index contributed by atoms with van der Waals surface area (Å²) in [5, 5.41) is 9.30. The summed E-state index contributed by atoms with van der Waals surface area (Å²) in [5.74, 6) is 0. The Morgan fingerprint density at radius 1 is 1.39 bits per heavy atom. The summed E-state index contributed by atoms with van der Waals surface area (Å²) in [6.07, 6.45) is 3.88. The minimum Gasteiger partial charge on any atom is -0.353 e. The molecule has 3 rings (SSSR count). The number of hydrogen-bond donors (Lipinski definition) is 0. The summed E-state index contributed by atoms with van der Waals surface area (Å²) in [6.45, 7) is 2.74. The van der Waals surface area contributed by atoms with Crippen LogP contribution in [-0.4, -0.2) is 17.2 Å². The summed E-state index contributed by atoms with van der Waals surface area (Å²) < 4.78 is 5.98. The van der Waals surface area contributed by atoms with Crippen molar-refractivity contribution in [3.63, 3.8) is 0 Å². The minimum atomic E-state index is -0.319. The molecule has 1 fully saturated rings. The summed E-state index contributed by atoms with van der Waals surface area (Å²) >= 11 is 0. The molecule has 1 aromatic rings. The van der Waals surface area contributed by atoms with Crippen molar-refractivity contribution in [1.82, 2.24) is 4.90 Å². The molecule has 1 aromatic carbocycles. The van der Waals surface area contributed by atoms with Gasteiger partial charge in [0.1, 0.15) is 17.5 Å². The largest absolute Gasteiger partial charge is 0.353 e. The first-order valence-corrected chi connectivity index (χ1v) is 6.33. The van der Waals surface area contributed by atoms with Gasteiger partial charge in [0.15, 0.2) is 0 Å². The molecule has 18 heavy (non-hydrogen) atoms. The van der Waals surface area contributed by atoms with Crippen LogP contribution in [0.2, 0.25) is 0 Å². The molecular formula is C15H16N2O. The van der Waals surface area contributed by atoms with Crippen LogP contribution >= 0.6 is 0 Å². The predicted molar refractivity (Wildman–Crippen MR) is 68.3 cm³/mol. The Morgan fingerprint density at radius 3 is 2.89 bits per heavy atom. The van der Waals surface area contributed by atoms with Crippen LogP contribution in [0.25, 0.3) is 0 Å². The van der Waals surface area contributed by atoms with E-state index < -0.39 is 0 Å². The highest BCUT2D eigenvalue weighted by Crippen LogP contribution is 2.44. The molecule has 0 aromatic heterocycles. The van der Waals surface area contributed by atoms with Crippen molar-refractivity contribution in [3.05, 3.63) is 47.7 Å². The normalized spacial score (nSPS) is 30.6. The van der Waals surface area contributed by atoms with Gasteiger partial charge in [-0.1, -0.05) is 30.3 Å². The number of nitrogens with zero attached hydrogens (tertiary/aromatic N) is 2. The quantitative estimate of drug-likeness (QED) is 0.757. The van der Waals surface area contributed by atoms with Crippen LogP contribution < -0.4 is 0 Å². The maximum Gasteiger partial charge on any atom is 0.139 e. The Kier molecular flexibility index (Phi) is 2.61. The fraction of sp³-hybridized carbons (Fsp3) is 0.400. The van der Waals surface area contributed by atoms with E-state index in [1.165, 1.54) is 5.56 Å². The zero-order valence-electron chi connectivity index (χ0n) is 10.5. The molecule has 0 aliphatic carbocycles. The average molecular weight is 240 g/mol. The van der Waals surface area contributed by atoms with Crippen LogP contribution in [0.4, 0.5) is 0 Å². The van der Waals surface area contributed by atoms with Crippen LogP contribution in [0.5, 0.6) is 0 Å². The molecule has 1 saturated heterocycles. The zero-order valence-corrected chi connectivity index (χ0v) is 10.5. The van der Waals surface area contributed by atoms with E-state index in [-0.39, 0.29) is 11.8 Å². The van der Waals surface area contributed by atoms with Crippen LogP contribution in [0.1, 0.15) is 31.4 Å². The molecule has 2 atom stereocenters. The second-order valence-electron chi connectivity index (χ2n) is 5.02. The Hall–Kier alpha value is -1.79. The van der Waals surface area contributed by atoms with Crippen molar-refractivity contribution in [2.24, 2.45) is 0 Å². The molecule has 0 radical (unpaired) electrons. The number of nitriles is 1. The van der Waals surface area contributed by atoms with Gasteiger partial charge in [0.05, 0.1) is 12.6 Å². The number of fused-ring (bicyclic) bond motifs is 1. The van der Waals surface area contributed by atoms with Gasteiger partial charge in [-0.3, -0.25) is 0 Å². The molecule has 0 unspecified atom stereocenters. The molecule has 0 N–H and O–H groups in total. The number of ether oxygens (including phenoxy) is 1. The van der Waals surface area contributed by atoms with Crippen molar-refractivity contribution in [2.45, 2.75) is 31.5 Å². The van der Waals surface area contributed by atoms with Gasteiger partial charge >= 0.3 is 0 Å². The Balaban J connectivity index is 2.01. The fourth-order valence-electron chi connectivity index (χ4n) is 2.94. The summed E-state index contributed by atoms with van der Waals surface area (Å²) in [5.41, 5.74) is 1.64. The third-order valence-corrected chi connectivity index (χ3v) is 3.88. The molecule has 0 amide bonds. The topological polar surface area (TPSA) is 36.3 Å². The predicted octanol–water partition coefficient (Wildman–Crippen LogP) is 2.98. The fourth-order valence-corrected chi connectivity index (χ4v) is 2.94. The highest BCUT2D eigenvalue weighted by molar-refractivity contribution is 5.30. The van der Waals surface area contributed by atoms with E-state index in [0.717, 1.165) is 18.5 Å². The lowest BCUT2D eigenvalue weighted by molar-refractivity contribution is -0.0633. The Bertz CT molecular complexity index is 517. The molecule has 0 spiro atoms. The maximum absolute atomic E-state index is 9.30. The van der Waals surface area contributed by atoms with Gasteiger partial charge in [0.25, 0.3) is 0 Å². The van der Waals surface area contributed by atoms with Crippen molar-refractivity contribution in [1.29, 1.82) is 5.26 Å². The first-order chi connectivity index (χ1) is 8.74. The molecule has 92 valence electrons. The number of allylic oxidation sites excluding steroid dienone is 2. The van der Waals surface area contributed by atoms with Crippen LogP contribution in [-0.2, 0) is 4.74 Å². The SMILES string of the molecule is C[C@@]12CCC=C(C#N)N1[C@@H](c1ccccc1)CO2. The highest BCUT2D eigenvalue weighted by Gasteiger charge is 2.46. The van der Waals surface area contributed by atoms with Crippen molar-refractivity contribution in [3.8, 4) is 6.07 Å². The Labute approximate surface area is 107 Å². The lowest BCUT2D eigenvalue weighted by atomic mass is 9.98. The van der Waals surface area contributed by atoms with E-state index in [9.17, 15) is 5.26 Å². The van der Waals surface area contributed by atoms with Crippen LogP contribution in [0, 0.1) is 11.3 Å². The number of rotatable bonds is 1. The molecular weight excluding hydrogens is 224 g/mol. The van der Waals surface area contributed by atoms with E-state index in [4.69, 9.17) is 4.74 Å². The first-order valence-electron chi connectivity index (χ1n) is 6.33. The van der Waals surface area contributed by atoms with Gasteiger partial charge < -0.3 is 9.64 Å². The lowest BCUT2D eigenvalue weighted by Crippen LogP contribution is -2.44. The molecule has 3 nitrogen and oxygen atoms in total. The number of benzene rings is 1. The average Bonchev–Trinajstić information content (AvgIpc) is 2.77. The van der Waals surface area contributed by atoms with Crippen molar-refractivity contribution >= 4 is 0 Å². The summed E-state index contributed by atoms with van der Waals surface area (Å²) in [4.78, 5) is 2.14. The van der Waals surface area contributed by atoms with Gasteiger partial charge in [-0.2, -0.15) is 5.26 Å². The monoisotopic (exact) mass is 240 g/mol. The van der Waals surface area contributed by atoms with Gasteiger partial charge in [-0.25, -0.2) is 0 Å². The first kappa shape index (κ1) is 11.3. The molecule has 0 saturated carbocycles. The van der Waals surface area contributed by atoms with Crippen molar-refractivity contribution in [2.75, 3.05) is 6.61 Å². The second kappa shape index (κ2) is 4.15. The highest BCUT2D eigenvalue weighted by atomic mass is 16.5. The van der Waals surface area contributed by atoms with Crippen LogP contribution in [0.3, 0.4) is 0 Å². The molecule has 0 bridgehead atoms. The number of hydrogen-bond acceptors (Lipinski definition) is 3. The van der Waals surface area contributed by atoms with E-state index in [0.29, 0.717) is 6.61 Å².